The number of anilines is 1. The van der Waals surface area contributed by atoms with Gasteiger partial charge in [-0.15, -0.1) is 0 Å². The summed E-state index contributed by atoms with van der Waals surface area (Å²) in [6.45, 7) is 7.79. The largest absolute Gasteiger partial charge is 0.495 e. The smallest absolute Gasteiger partial charge is 0.266 e. The standard InChI is InChI=1S/C27H27N3O3S/c1-16-10-13-24(33-5)23(14-16)28-25(31)19(4)34-27-29-22-9-7-6-8-21(22)26(32)30(27)20-12-11-17(2)18(3)15-20/h6-15,19H,1-5H3,(H,28,31). The molecule has 0 radical (unpaired) electrons. The van der Waals surface area contributed by atoms with Crippen LogP contribution in [0.3, 0.4) is 0 Å². The highest BCUT2D eigenvalue weighted by Gasteiger charge is 2.21. The number of para-hydroxylation sites is 1. The molecule has 1 unspecified atom stereocenters. The summed E-state index contributed by atoms with van der Waals surface area (Å²) in [7, 11) is 1.57. The Morgan fingerprint density at radius 1 is 1.03 bits per heavy atom. The minimum atomic E-state index is -0.518. The van der Waals surface area contributed by atoms with Crippen molar-refractivity contribution in [1.29, 1.82) is 0 Å². The van der Waals surface area contributed by atoms with Crippen molar-refractivity contribution in [3.63, 3.8) is 0 Å². The van der Waals surface area contributed by atoms with Crippen LogP contribution in [0.15, 0.2) is 70.6 Å². The summed E-state index contributed by atoms with van der Waals surface area (Å²) in [6, 6.07) is 18.8. The molecular formula is C27H27N3O3S. The third-order valence-electron chi connectivity index (χ3n) is 5.76. The second-order valence-electron chi connectivity index (χ2n) is 8.27. The predicted molar refractivity (Wildman–Crippen MR) is 138 cm³/mol. The summed E-state index contributed by atoms with van der Waals surface area (Å²) in [6.07, 6.45) is 0. The first-order valence-corrected chi connectivity index (χ1v) is 11.9. The summed E-state index contributed by atoms with van der Waals surface area (Å²) in [5, 5.41) is 3.43. The molecule has 174 valence electrons. The summed E-state index contributed by atoms with van der Waals surface area (Å²) < 4.78 is 6.98. The van der Waals surface area contributed by atoms with Crippen LogP contribution in [0.4, 0.5) is 5.69 Å². The van der Waals surface area contributed by atoms with Gasteiger partial charge >= 0.3 is 0 Å². The second-order valence-corrected chi connectivity index (χ2v) is 9.58. The van der Waals surface area contributed by atoms with Crippen molar-refractivity contribution in [3.8, 4) is 11.4 Å². The molecule has 0 spiro atoms. The zero-order valence-corrected chi connectivity index (χ0v) is 20.7. The molecule has 6 nitrogen and oxygen atoms in total. The van der Waals surface area contributed by atoms with Crippen molar-refractivity contribution in [2.75, 3.05) is 12.4 Å². The van der Waals surface area contributed by atoms with Crippen molar-refractivity contribution in [2.45, 2.75) is 38.1 Å². The SMILES string of the molecule is COc1ccc(C)cc1NC(=O)C(C)Sc1nc2ccccc2c(=O)n1-c1ccc(C)c(C)c1. The zero-order valence-electron chi connectivity index (χ0n) is 19.9. The first-order valence-electron chi connectivity index (χ1n) is 11.0. The molecule has 0 saturated heterocycles. The Morgan fingerprint density at radius 2 is 1.79 bits per heavy atom. The van der Waals surface area contributed by atoms with E-state index in [0.717, 1.165) is 22.4 Å². The number of thioether (sulfide) groups is 1. The lowest BCUT2D eigenvalue weighted by Crippen LogP contribution is -2.26. The molecule has 0 aliphatic heterocycles. The zero-order chi connectivity index (χ0) is 24.4. The van der Waals surface area contributed by atoms with E-state index >= 15 is 0 Å². The highest BCUT2D eigenvalue weighted by Crippen LogP contribution is 2.29. The van der Waals surface area contributed by atoms with E-state index in [0.29, 0.717) is 27.5 Å². The summed E-state index contributed by atoms with van der Waals surface area (Å²) in [4.78, 5) is 31.4. The Kier molecular flexibility index (Phi) is 6.75. The van der Waals surface area contributed by atoms with Crippen molar-refractivity contribution in [2.24, 2.45) is 0 Å². The molecule has 1 aromatic heterocycles. The van der Waals surface area contributed by atoms with Crippen LogP contribution in [0.5, 0.6) is 5.75 Å². The fourth-order valence-corrected chi connectivity index (χ4v) is 4.58. The average Bonchev–Trinajstić information content (AvgIpc) is 2.81. The van der Waals surface area contributed by atoms with Crippen LogP contribution >= 0.6 is 11.8 Å². The van der Waals surface area contributed by atoms with E-state index in [-0.39, 0.29) is 11.5 Å². The van der Waals surface area contributed by atoms with E-state index in [1.807, 2.05) is 75.4 Å². The molecular weight excluding hydrogens is 446 g/mol. The van der Waals surface area contributed by atoms with E-state index < -0.39 is 5.25 Å². The monoisotopic (exact) mass is 473 g/mol. The number of benzene rings is 3. The molecule has 4 aromatic rings. The number of ether oxygens (including phenoxy) is 1. The minimum absolute atomic E-state index is 0.163. The van der Waals surface area contributed by atoms with Crippen LogP contribution in [-0.4, -0.2) is 27.8 Å². The third kappa shape index (κ3) is 4.70. The van der Waals surface area contributed by atoms with Crippen molar-refractivity contribution < 1.29 is 9.53 Å². The molecule has 0 aliphatic rings. The Labute approximate surface area is 203 Å². The van der Waals surface area contributed by atoms with Gasteiger partial charge in [-0.1, -0.05) is 36.0 Å². The van der Waals surface area contributed by atoms with Gasteiger partial charge in [-0.2, -0.15) is 0 Å². The number of carbonyl (C=O) groups is 1. The number of fused-ring (bicyclic) bond motifs is 1. The Bertz CT molecular complexity index is 1450. The normalized spacial score (nSPS) is 11.9. The Hall–Kier alpha value is -3.58. The van der Waals surface area contributed by atoms with Crippen molar-refractivity contribution in [1.82, 2.24) is 9.55 Å². The Balaban J connectivity index is 1.73. The highest BCUT2D eigenvalue weighted by molar-refractivity contribution is 8.00. The van der Waals surface area contributed by atoms with Gasteiger partial charge in [-0.05, 0) is 80.8 Å². The van der Waals surface area contributed by atoms with E-state index in [1.165, 1.54) is 11.8 Å². The minimum Gasteiger partial charge on any atom is -0.495 e. The van der Waals surface area contributed by atoms with Gasteiger partial charge in [0.2, 0.25) is 5.91 Å². The third-order valence-corrected chi connectivity index (χ3v) is 6.81. The second kappa shape index (κ2) is 9.73. The van der Waals surface area contributed by atoms with Crippen molar-refractivity contribution >= 4 is 34.3 Å². The van der Waals surface area contributed by atoms with Crippen LogP contribution < -0.4 is 15.6 Å². The summed E-state index contributed by atoms with van der Waals surface area (Å²) >= 11 is 1.25. The average molecular weight is 474 g/mol. The lowest BCUT2D eigenvalue weighted by Gasteiger charge is -2.18. The van der Waals surface area contributed by atoms with E-state index in [1.54, 1.807) is 24.7 Å². The number of carbonyl (C=O) groups excluding carboxylic acids is 1. The van der Waals surface area contributed by atoms with Gasteiger partial charge in [-0.25, -0.2) is 4.98 Å². The molecule has 3 aromatic carbocycles. The molecule has 1 heterocycles. The summed E-state index contributed by atoms with van der Waals surface area (Å²) in [5.41, 5.74) is 4.99. The van der Waals surface area contributed by atoms with Crippen LogP contribution in [-0.2, 0) is 4.79 Å². The maximum atomic E-state index is 13.5. The maximum Gasteiger partial charge on any atom is 0.266 e. The van der Waals surface area contributed by atoms with Gasteiger partial charge in [0, 0.05) is 0 Å². The highest BCUT2D eigenvalue weighted by atomic mass is 32.2. The number of nitrogens with one attached hydrogen (secondary N) is 1. The lowest BCUT2D eigenvalue weighted by atomic mass is 10.1. The van der Waals surface area contributed by atoms with E-state index in [4.69, 9.17) is 9.72 Å². The van der Waals surface area contributed by atoms with Crippen LogP contribution in [0, 0.1) is 20.8 Å². The van der Waals surface area contributed by atoms with Crippen LogP contribution in [0.2, 0.25) is 0 Å². The molecule has 0 saturated carbocycles. The number of aromatic nitrogens is 2. The van der Waals surface area contributed by atoms with Gasteiger partial charge in [0.15, 0.2) is 5.16 Å². The molecule has 1 amide bonds. The Morgan fingerprint density at radius 3 is 2.53 bits per heavy atom. The van der Waals surface area contributed by atoms with Gasteiger partial charge in [0.25, 0.3) is 5.56 Å². The number of hydrogen-bond donors (Lipinski definition) is 1. The molecule has 1 atom stereocenters. The van der Waals surface area contributed by atoms with Crippen molar-refractivity contribution in [3.05, 3.63) is 87.7 Å². The van der Waals surface area contributed by atoms with Crippen LogP contribution in [0.1, 0.15) is 23.6 Å². The maximum absolute atomic E-state index is 13.5. The number of methoxy groups -OCH3 is 1. The molecule has 0 fully saturated rings. The fraction of sp³-hybridized carbons (Fsp3) is 0.222. The number of rotatable bonds is 6. The molecule has 34 heavy (non-hydrogen) atoms. The molecule has 0 aliphatic carbocycles. The predicted octanol–water partition coefficient (Wildman–Crippen LogP) is 5.44. The number of amides is 1. The van der Waals surface area contributed by atoms with Gasteiger partial charge in [0.05, 0.1) is 34.6 Å². The first-order chi connectivity index (χ1) is 16.3. The topological polar surface area (TPSA) is 73.2 Å². The van der Waals surface area contributed by atoms with Gasteiger partial charge < -0.3 is 10.1 Å². The number of aryl methyl sites for hydroxylation is 3. The van der Waals surface area contributed by atoms with Gasteiger partial charge in [-0.3, -0.25) is 14.2 Å². The van der Waals surface area contributed by atoms with E-state index in [2.05, 4.69) is 5.32 Å². The molecule has 0 bridgehead atoms. The summed E-state index contributed by atoms with van der Waals surface area (Å²) in [5.74, 6) is 0.384. The van der Waals surface area contributed by atoms with Gasteiger partial charge in [0.1, 0.15) is 5.75 Å². The quantitative estimate of drug-likeness (QED) is 0.298. The first kappa shape index (κ1) is 23.6. The lowest BCUT2D eigenvalue weighted by molar-refractivity contribution is -0.115. The number of nitrogens with zero attached hydrogens (tertiary/aromatic N) is 2. The molecule has 1 N–H and O–H groups in total. The molecule has 4 rings (SSSR count). The molecule has 7 heteroatoms. The van der Waals surface area contributed by atoms with E-state index in [9.17, 15) is 9.59 Å². The van der Waals surface area contributed by atoms with Crippen LogP contribution in [0.25, 0.3) is 16.6 Å². The fourth-order valence-electron chi connectivity index (χ4n) is 3.65. The number of hydrogen-bond acceptors (Lipinski definition) is 5.